The quantitative estimate of drug-likeness (QED) is 0.780. The molecule has 0 aliphatic carbocycles. The van der Waals surface area contributed by atoms with Crippen molar-refractivity contribution >= 4 is 21.6 Å². The third kappa shape index (κ3) is 5.35. The molecule has 1 N–H and O–H groups in total. The zero-order valence-corrected chi connectivity index (χ0v) is 17.6. The largest absolute Gasteiger partial charge is 0.497 e. The molecule has 2 aromatic carbocycles. The summed E-state index contributed by atoms with van der Waals surface area (Å²) < 4.78 is 37.9. The summed E-state index contributed by atoms with van der Waals surface area (Å²) in [5, 5.41) is 2.79. The summed E-state index contributed by atoms with van der Waals surface area (Å²) in [6.45, 7) is 4.37. The van der Waals surface area contributed by atoms with Gasteiger partial charge in [-0.05, 0) is 55.8 Å². The lowest BCUT2D eigenvalue weighted by atomic mass is 10.1. The number of sulfonamides is 1. The molecule has 2 aromatic rings. The van der Waals surface area contributed by atoms with Crippen LogP contribution in [-0.2, 0) is 26.0 Å². The van der Waals surface area contributed by atoms with Gasteiger partial charge in [0.2, 0.25) is 15.9 Å². The Kier molecular flexibility index (Phi) is 6.56. The van der Waals surface area contributed by atoms with E-state index in [9.17, 15) is 13.2 Å². The van der Waals surface area contributed by atoms with Crippen molar-refractivity contribution in [1.82, 2.24) is 4.31 Å². The van der Waals surface area contributed by atoms with E-state index in [1.165, 1.54) is 16.4 Å². The molecule has 0 radical (unpaired) electrons. The van der Waals surface area contributed by atoms with Gasteiger partial charge in [0.1, 0.15) is 5.75 Å². The minimum Gasteiger partial charge on any atom is -0.497 e. The van der Waals surface area contributed by atoms with Crippen LogP contribution in [0.5, 0.6) is 5.75 Å². The predicted molar refractivity (Wildman–Crippen MR) is 111 cm³/mol. The molecule has 2 unspecified atom stereocenters. The van der Waals surface area contributed by atoms with Crippen molar-refractivity contribution in [2.75, 3.05) is 25.5 Å². The van der Waals surface area contributed by atoms with Gasteiger partial charge < -0.3 is 14.8 Å². The lowest BCUT2D eigenvalue weighted by Gasteiger charge is -2.34. The Bertz CT molecular complexity index is 932. The third-order valence-corrected chi connectivity index (χ3v) is 6.53. The Balaban J connectivity index is 1.63. The minimum atomic E-state index is -3.60. The number of nitrogens with one attached hydrogen (secondary N) is 1. The van der Waals surface area contributed by atoms with Gasteiger partial charge in [-0.2, -0.15) is 4.31 Å². The van der Waals surface area contributed by atoms with Crippen LogP contribution in [0.4, 0.5) is 5.69 Å². The first-order valence-electron chi connectivity index (χ1n) is 9.46. The second kappa shape index (κ2) is 8.94. The maximum atomic E-state index is 12.9. The number of ether oxygens (including phenoxy) is 2. The molecule has 0 saturated carbocycles. The molecule has 0 bridgehead atoms. The molecule has 7 nitrogen and oxygen atoms in total. The van der Waals surface area contributed by atoms with Crippen molar-refractivity contribution in [3.63, 3.8) is 0 Å². The van der Waals surface area contributed by atoms with Gasteiger partial charge in [0.25, 0.3) is 0 Å². The molecule has 1 fully saturated rings. The monoisotopic (exact) mass is 418 g/mol. The highest BCUT2D eigenvalue weighted by molar-refractivity contribution is 7.89. The number of amides is 1. The molecule has 8 heteroatoms. The van der Waals surface area contributed by atoms with Crippen LogP contribution < -0.4 is 10.1 Å². The van der Waals surface area contributed by atoms with Gasteiger partial charge in [-0.3, -0.25) is 4.79 Å². The molecule has 0 aromatic heterocycles. The van der Waals surface area contributed by atoms with E-state index in [0.717, 1.165) is 11.3 Å². The van der Waals surface area contributed by atoms with Crippen molar-refractivity contribution in [3.8, 4) is 5.75 Å². The fraction of sp³-hybridized carbons (Fsp3) is 0.381. The average Bonchev–Trinajstić information content (AvgIpc) is 2.68. The van der Waals surface area contributed by atoms with Crippen LogP contribution in [0.2, 0.25) is 0 Å². The lowest BCUT2D eigenvalue weighted by Crippen LogP contribution is -2.48. The Morgan fingerprint density at radius 1 is 1.07 bits per heavy atom. The van der Waals surface area contributed by atoms with Crippen LogP contribution in [0, 0.1) is 0 Å². The first-order chi connectivity index (χ1) is 13.8. The third-order valence-electron chi connectivity index (χ3n) is 4.69. The van der Waals surface area contributed by atoms with E-state index in [1.807, 2.05) is 26.0 Å². The number of hydrogen-bond acceptors (Lipinski definition) is 5. The SMILES string of the molecule is COc1ccc(CC(=O)Nc2ccc(S(=O)(=O)N3CC(C)OC(C)C3)cc2)cc1. The average molecular weight is 419 g/mol. The first-order valence-corrected chi connectivity index (χ1v) is 10.9. The zero-order chi connectivity index (χ0) is 21.0. The van der Waals surface area contributed by atoms with E-state index < -0.39 is 10.0 Å². The fourth-order valence-corrected chi connectivity index (χ4v) is 4.91. The number of anilines is 1. The molecule has 1 aliphatic heterocycles. The van der Waals surface area contributed by atoms with E-state index >= 15 is 0 Å². The van der Waals surface area contributed by atoms with Gasteiger partial charge in [0, 0.05) is 18.8 Å². The van der Waals surface area contributed by atoms with E-state index in [1.54, 1.807) is 31.4 Å². The minimum absolute atomic E-state index is 0.148. The van der Waals surface area contributed by atoms with Crippen LogP contribution >= 0.6 is 0 Å². The maximum absolute atomic E-state index is 12.9. The van der Waals surface area contributed by atoms with Crippen LogP contribution in [-0.4, -0.2) is 51.0 Å². The summed E-state index contributed by atoms with van der Waals surface area (Å²) in [5.41, 5.74) is 1.41. The molecular weight excluding hydrogens is 392 g/mol. The lowest BCUT2D eigenvalue weighted by molar-refractivity contribution is -0.115. The van der Waals surface area contributed by atoms with Crippen LogP contribution in [0.3, 0.4) is 0 Å². The molecule has 2 atom stereocenters. The van der Waals surface area contributed by atoms with E-state index in [2.05, 4.69) is 5.32 Å². The molecule has 1 saturated heterocycles. The van der Waals surface area contributed by atoms with E-state index in [0.29, 0.717) is 18.8 Å². The Labute approximate surface area is 171 Å². The Hall–Kier alpha value is -2.42. The standard InChI is InChI=1S/C21H26N2O5S/c1-15-13-23(14-16(2)28-15)29(25,26)20-10-6-18(7-11-20)22-21(24)12-17-4-8-19(27-3)9-5-17/h4-11,15-16H,12-14H2,1-3H3,(H,22,24). The summed E-state index contributed by atoms with van der Waals surface area (Å²) in [6.07, 6.45) is -0.0803. The summed E-state index contributed by atoms with van der Waals surface area (Å²) in [6, 6.07) is 13.5. The normalized spacial score (nSPS) is 20.2. The summed E-state index contributed by atoms with van der Waals surface area (Å²) in [5.74, 6) is 0.552. The number of carbonyl (C=O) groups is 1. The van der Waals surface area contributed by atoms with Gasteiger partial charge in [-0.15, -0.1) is 0 Å². The zero-order valence-electron chi connectivity index (χ0n) is 16.8. The second-order valence-electron chi connectivity index (χ2n) is 7.18. The van der Waals surface area contributed by atoms with Crippen molar-refractivity contribution in [3.05, 3.63) is 54.1 Å². The van der Waals surface area contributed by atoms with Crippen molar-refractivity contribution in [2.45, 2.75) is 37.4 Å². The Morgan fingerprint density at radius 3 is 2.21 bits per heavy atom. The summed E-state index contributed by atoms with van der Waals surface area (Å²) in [4.78, 5) is 12.5. The van der Waals surface area contributed by atoms with Gasteiger partial charge >= 0.3 is 0 Å². The second-order valence-corrected chi connectivity index (χ2v) is 9.11. The number of rotatable bonds is 6. The molecule has 156 valence electrons. The van der Waals surface area contributed by atoms with Crippen LogP contribution in [0.25, 0.3) is 0 Å². The van der Waals surface area contributed by atoms with E-state index in [4.69, 9.17) is 9.47 Å². The fourth-order valence-electron chi connectivity index (χ4n) is 3.32. The van der Waals surface area contributed by atoms with E-state index in [-0.39, 0.29) is 29.4 Å². The van der Waals surface area contributed by atoms with Crippen LogP contribution in [0.1, 0.15) is 19.4 Å². The first kappa shape index (κ1) is 21.3. The molecule has 3 rings (SSSR count). The molecule has 1 heterocycles. The molecule has 1 amide bonds. The number of morpholine rings is 1. The summed E-state index contributed by atoms with van der Waals surface area (Å²) >= 11 is 0. The van der Waals surface area contributed by atoms with Crippen molar-refractivity contribution in [2.24, 2.45) is 0 Å². The molecule has 29 heavy (non-hydrogen) atoms. The predicted octanol–water partition coefficient (Wildman–Crippen LogP) is 2.67. The number of nitrogens with zero attached hydrogens (tertiary/aromatic N) is 1. The van der Waals surface area contributed by atoms with Gasteiger partial charge in [0.15, 0.2) is 0 Å². The highest BCUT2D eigenvalue weighted by Gasteiger charge is 2.32. The topological polar surface area (TPSA) is 84.9 Å². The smallest absolute Gasteiger partial charge is 0.243 e. The molecule has 0 spiro atoms. The summed E-state index contributed by atoms with van der Waals surface area (Å²) in [7, 11) is -2.01. The highest BCUT2D eigenvalue weighted by atomic mass is 32.2. The van der Waals surface area contributed by atoms with Crippen molar-refractivity contribution < 1.29 is 22.7 Å². The molecule has 1 aliphatic rings. The number of hydrogen-bond donors (Lipinski definition) is 1. The van der Waals surface area contributed by atoms with Crippen LogP contribution in [0.15, 0.2) is 53.4 Å². The van der Waals surface area contributed by atoms with Crippen molar-refractivity contribution in [1.29, 1.82) is 0 Å². The highest BCUT2D eigenvalue weighted by Crippen LogP contribution is 2.22. The number of carbonyl (C=O) groups excluding carboxylic acids is 1. The molecular formula is C21H26N2O5S. The van der Waals surface area contributed by atoms with Gasteiger partial charge in [-0.25, -0.2) is 8.42 Å². The number of methoxy groups -OCH3 is 1. The van der Waals surface area contributed by atoms with Gasteiger partial charge in [0.05, 0.1) is 30.6 Å². The number of benzene rings is 2. The Morgan fingerprint density at radius 2 is 1.66 bits per heavy atom. The van der Waals surface area contributed by atoms with Gasteiger partial charge in [-0.1, -0.05) is 12.1 Å². The maximum Gasteiger partial charge on any atom is 0.243 e.